The van der Waals surface area contributed by atoms with E-state index in [4.69, 9.17) is 9.47 Å². The fourth-order valence-electron chi connectivity index (χ4n) is 5.49. The van der Waals surface area contributed by atoms with Gasteiger partial charge < -0.3 is 9.47 Å². The predicted molar refractivity (Wildman–Crippen MR) is 125 cm³/mol. The fraction of sp³-hybridized carbons (Fsp3) is 0.360. The highest BCUT2D eigenvalue weighted by atomic mass is 32.2. The lowest BCUT2D eigenvalue weighted by Crippen LogP contribution is -2.54. The summed E-state index contributed by atoms with van der Waals surface area (Å²) in [6, 6.07) is 9.69. The van der Waals surface area contributed by atoms with Gasteiger partial charge in [0.05, 0.1) is 17.0 Å². The first-order chi connectivity index (χ1) is 15.2. The molecule has 1 spiro atoms. The second-order valence-electron chi connectivity index (χ2n) is 9.32. The summed E-state index contributed by atoms with van der Waals surface area (Å²) in [7, 11) is 0. The van der Waals surface area contributed by atoms with Crippen LogP contribution in [0.2, 0.25) is 0 Å². The van der Waals surface area contributed by atoms with Crippen LogP contribution in [0, 0.1) is 6.92 Å². The molecule has 0 radical (unpaired) electrons. The van der Waals surface area contributed by atoms with Gasteiger partial charge in [-0.2, -0.15) is 0 Å². The van der Waals surface area contributed by atoms with Crippen molar-refractivity contribution < 1.29 is 19.1 Å². The van der Waals surface area contributed by atoms with E-state index in [9.17, 15) is 9.59 Å². The molecule has 0 saturated carbocycles. The molecule has 6 rings (SSSR count). The Kier molecular flexibility index (Phi) is 3.89. The highest BCUT2D eigenvalue weighted by Gasteiger charge is 2.64. The molecule has 164 valence electrons. The number of fused-ring (bicyclic) bond motifs is 2. The molecule has 0 aliphatic carbocycles. The summed E-state index contributed by atoms with van der Waals surface area (Å²) in [5.41, 5.74) is 5.26. The Hall–Kier alpha value is -2.93. The Morgan fingerprint density at radius 3 is 2.50 bits per heavy atom. The zero-order chi connectivity index (χ0) is 22.4. The summed E-state index contributed by atoms with van der Waals surface area (Å²) in [6.45, 7) is 9.20. The van der Waals surface area contributed by atoms with Crippen LogP contribution < -0.4 is 19.3 Å². The van der Waals surface area contributed by atoms with Gasteiger partial charge in [0, 0.05) is 22.9 Å². The smallest absolute Gasteiger partial charge is 0.269 e. The zero-order valence-corrected chi connectivity index (χ0v) is 19.3. The van der Waals surface area contributed by atoms with Crippen molar-refractivity contribution >= 4 is 40.5 Å². The maximum absolute atomic E-state index is 14.3. The molecular formula is C25H24N2O4S. The first-order valence-corrected chi connectivity index (χ1v) is 11.8. The van der Waals surface area contributed by atoms with Crippen molar-refractivity contribution in [3.05, 3.63) is 53.1 Å². The largest absolute Gasteiger partial charge is 0.486 e. The highest BCUT2D eigenvalue weighted by molar-refractivity contribution is 8.02. The lowest BCUT2D eigenvalue weighted by molar-refractivity contribution is -0.124. The number of ether oxygens (including phenoxy) is 2. The van der Waals surface area contributed by atoms with Crippen LogP contribution in [0.15, 0.2) is 36.4 Å². The number of aryl methyl sites for hydroxylation is 1. The Morgan fingerprint density at radius 2 is 1.72 bits per heavy atom. The summed E-state index contributed by atoms with van der Waals surface area (Å²) in [5.74, 6) is 1.34. The SMILES string of the molecule is CC1=CC(C)(C)N2C(=O)C3(SCC(=O)N3c3ccc4c(c3)OCCO4)c3cc(C)cc1c32. The van der Waals surface area contributed by atoms with Crippen LogP contribution in [0.3, 0.4) is 0 Å². The molecule has 1 saturated heterocycles. The number of hydrogen-bond acceptors (Lipinski definition) is 5. The van der Waals surface area contributed by atoms with E-state index in [1.807, 2.05) is 30.0 Å². The third-order valence-electron chi connectivity index (χ3n) is 6.66. The predicted octanol–water partition coefficient (Wildman–Crippen LogP) is 4.24. The van der Waals surface area contributed by atoms with Crippen LogP contribution >= 0.6 is 11.8 Å². The average molecular weight is 449 g/mol. The molecule has 4 heterocycles. The summed E-state index contributed by atoms with van der Waals surface area (Å²) >= 11 is 1.41. The van der Waals surface area contributed by atoms with E-state index in [0.717, 1.165) is 28.0 Å². The van der Waals surface area contributed by atoms with Crippen LogP contribution in [0.1, 0.15) is 37.5 Å². The van der Waals surface area contributed by atoms with Crippen molar-refractivity contribution in [2.75, 3.05) is 28.8 Å². The Labute approximate surface area is 191 Å². The molecule has 0 bridgehead atoms. The molecule has 2 aromatic rings. The third-order valence-corrected chi connectivity index (χ3v) is 8.05. The first kappa shape index (κ1) is 19.7. The van der Waals surface area contributed by atoms with Crippen LogP contribution in [-0.4, -0.2) is 36.3 Å². The van der Waals surface area contributed by atoms with Gasteiger partial charge in [0.2, 0.25) is 10.8 Å². The molecule has 1 fully saturated rings. The Bertz CT molecular complexity index is 1250. The third kappa shape index (κ3) is 2.37. The van der Waals surface area contributed by atoms with Gasteiger partial charge in [-0.25, -0.2) is 0 Å². The molecule has 32 heavy (non-hydrogen) atoms. The number of hydrogen-bond donors (Lipinski definition) is 0. The topological polar surface area (TPSA) is 59.1 Å². The van der Waals surface area contributed by atoms with Crippen LogP contribution in [0.5, 0.6) is 11.5 Å². The molecule has 4 aliphatic rings. The van der Waals surface area contributed by atoms with Crippen LogP contribution in [-0.2, 0) is 14.5 Å². The fourth-order valence-corrected chi connectivity index (χ4v) is 6.82. The van der Waals surface area contributed by atoms with Gasteiger partial charge in [-0.1, -0.05) is 12.1 Å². The lowest BCUT2D eigenvalue weighted by atomic mass is 9.88. The minimum absolute atomic E-state index is 0.0705. The Morgan fingerprint density at radius 1 is 0.969 bits per heavy atom. The molecule has 7 heteroatoms. The number of carbonyl (C=O) groups is 2. The number of thioether (sulfide) groups is 1. The standard InChI is InChI=1S/C25H24N2O4S/c1-14-9-17-15(2)12-24(3,4)27-22(17)18(10-14)25(23(27)29)26(21(28)13-32-25)16-5-6-19-20(11-16)31-8-7-30-19/h5-6,9-12H,7-8,13H2,1-4H3. The van der Waals surface area contributed by atoms with Crippen LogP contribution in [0.25, 0.3) is 5.57 Å². The number of nitrogens with zero attached hydrogens (tertiary/aromatic N) is 2. The molecule has 0 aromatic heterocycles. The molecule has 1 unspecified atom stereocenters. The molecular weight excluding hydrogens is 424 g/mol. The van der Waals surface area contributed by atoms with E-state index in [0.29, 0.717) is 30.4 Å². The van der Waals surface area contributed by atoms with Gasteiger partial charge in [0.1, 0.15) is 13.2 Å². The number of rotatable bonds is 1. The van der Waals surface area contributed by atoms with E-state index < -0.39 is 10.4 Å². The molecule has 6 nitrogen and oxygen atoms in total. The summed E-state index contributed by atoms with van der Waals surface area (Å²) in [6.07, 6.45) is 2.14. The first-order valence-electron chi connectivity index (χ1n) is 10.8. The quantitative estimate of drug-likeness (QED) is 0.653. The maximum Gasteiger partial charge on any atom is 0.269 e. The molecule has 4 aliphatic heterocycles. The number of anilines is 2. The van der Waals surface area contributed by atoms with E-state index in [1.54, 1.807) is 4.90 Å². The van der Waals surface area contributed by atoms with Crippen molar-refractivity contribution in [1.29, 1.82) is 0 Å². The van der Waals surface area contributed by atoms with Crippen molar-refractivity contribution in [2.45, 2.75) is 38.1 Å². The Balaban J connectivity index is 1.60. The second kappa shape index (κ2) is 6.32. The van der Waals surface area contributed by atoms with Gasteiger partial charge in [0.25, 0.3) is 5.91 Å². The van der Waals surface area contributed by atoms with Crippen molar-refractivity contribution in [1.82, 2.24) is 0 Å². The average Bonchev–Trinajstić information content (AvgIpc) is 3.22. The molecule has 0 N–H and O–H groups in total. The van der Waals surface area contributed by atoms with Gasteiger partial charge in [-0.05, 0) is 57.0 Å². The summed E-state index contributed by atoms with van der Waals surface area (Å²) < 4.78 is 11.4. The second-order valence-corrected chi connectivity index (χ2v) is 10.5. The number of allylic oxidation sites excluding steroid dienone is 1. The van der Waals surface area contributed by atoms with E-state index in [1.165, 1.54) is 11.8 Å². The minimum atomic E-state index is -1.13. The van der Waals surface area contributed by atoms with Gasteiger partial charge >= 0.3 is 0 Å². The van der Waals surface area contributed by atoms with Crippen molar-refractivity contribution in [3.63, 3.8) is 0 Å². The zero-order valence-electron chi connectivity index (χ0n) is 18.5. The van der Waals surface area contributed by atoms with E-state index in [2.05, 4.69) is 39.0 Å². The minimum Gasteiger partial charge on any atom is -0.486 e. The summed E-state index contributed by atoms with van der Waals surface area (Å²) in [4.78, 5) is 30.0. The highest BCUT2D eigenvalue weighted by Crippen LogP contribution is 2.60. The maximum atomic E-state index is 14.3. The molecule has 1 atom stereocenters. The number of amides is 2. The normalized spacial score (nSPS) is 24.8. The molecule has 2 amide bonds. The van der Waals surface area contributed by atoms with Gasteiger partial charge in [-0.3, -0.25) is 19.4 Å². The van der Waals surface area contributed by atoms with Crippen LogP contribution in [0.4, 0.5) is 11.4 Å². The van der Waals surface area contributed by atoms with Crippen molar-refractivity contribution in [3.8, 4) is 11.5 Å². The van der Waals surface area contributed by atoms with Gasteiger partial charge in [0.15, 0.2) is 11.5 Å². The number of benzene rings is 2. The number of carbonyl (C=O) groups excluding carboxylic acids is 2. The van der Waals surface area contributed by atoms with Gasteiger partial charge in [-0.15, -0.1) is 11.8 Å². The van der Waals surface area contributed by atoms with E-state index in [-0.39, 0.29) is 17.6 Å². The van der Waals surface area contributed by atoms with E-state index >= 15 is 0 Å². The summed E-state index contributed by atoms with van der Waals surface area (Å²) in [5, 5.41) is 0. The van der Waals surface area contributed by atoms with Crippen molar-refractivity contribution in [2.24, 2.45) is 0 Å². The lowest BCUT2D eigenvalue weighted by Gasteiger charge is -2.40. The molecule has 2 aromatic carbocycles. The monoisotopic (exact) mass is 448 g/mol.